The summed E-state index contributed by atoms with van der Waals surface area (Å²) in [7, 11) is 1.68. The number of hydrogen-bond donors (Lipinski definition) is 0. The van der Waals surface area contributed by atoms with E-state index in [0.717, 1.165) is 12.5 Å². The summed E-state index contributed by atoms with van der Waals surface area (Å²) in [5.41, 5.74) is 0.301. The topological polar surface area (TPSA) is 18.5 Å². The highest BCUT2D eigenvalue weighted by Gasteiger charge is 2.36. The predicted molar refractivity (Wildman–Crippen MR) is 49.7 cm³/mol. The van der Waals surface area contributed by atoms with Gasteiger partial charge in [-0.3, -0.25) is 0 Å². The lowest BCUT2D eigenvalue weighted by Crippen LogP contribution is -2.36. The zero-order valence-corrected chi connectivity index (χ0v) is 8.40. The zero-order chi connectivity index (χ0) is 8.86. The van der Waals surface area contributed by atoms with Crippen LogP contribution in [0.15, 0.2) is 0 Å². The van der Waals surface area contributed by atoms with Gasteiger partial charge in [-0.05, 0) is 12.8 Å². The van der Waals surface area contributed by atoms with Gasteiger partial charge >= 0.3 is 0 Å². The van der Waals surface area contributed by atoms with E-state index < -0.39 is 0 Å². The van der Waals surface area contributed by atoms with Gasteiger partial charge in [0, 0.05) is 18.4 Å². The minimum absolute atomic E-state index is 0.301. The Bertz CT molecular complexity index is 118. The predicted octanol–water partition coefficient (Wildman–Crippen LogP) is 2.06. The van der Waals surface area contributed by atoms with Gasteiger partial charge in [-0.1, -0.05) is 6.42 Å². The Labute approximate surface area is 79.2 Å². The number of alkyl halides is 1. The van der Waals surface area contributed by atoms with Crippen molar-refractivity contribution in [1.29, 1.82) is 0 Å². The Morgan fingerprint density at radius 2 is 2.08 bits per heavy atom. The molecule has 2 nitrogen and oxygen atoms in total. The monoisotopic (exact) mass is 192 g/mol. The minimum Gasteiger partial charge on any atom is -0.382 e. The quantitative estimate of drug-likeness (QED) is 0.474. The van der Waals surface area contributed by atoms with Crippen LogP contribution in [-0.2, 0) is 9.47 Å². The van der Waals surface area contributed by atoms with Gasteiger partial charge in [0.05, 0.1) is 19.8 Å². The van der Waals surface area contributed by atoms with Crippen molar-refractivity contribution in [2.75, 3.05) is 32.8 Å². The van der Waals surface area contributed by atoms with Crippen LogP contribution < -0.4 is 0 Å². The molecule has 3 heteroatoms. The molecule has 12 heavy (non-hydrogen) atoms. The molecule has 0 radical (unpaired) electrons. The van der Waals surface area contributed by atoms with Crippen molar-refractivity contribution >= 4 is 11.6 Å². The lowest BCUT2D eigenvalue weighted by atomic mass is 9.71. The molecule has 0 bridgehead atoms. The number of methoxy groups -OCH3 is 1. The van der Waals surface area contributed by atoms with Crippen molar-refractivity contribution < 1.29 is 9.47 Å². The lowest BCUT2D eigenvalue weighted by Gasteiger charge is -2.39. The van der Waals surface area contributed by atoms with E-state index >= 15 is 0 Å². The molecule has 0 N–H and O–H groups in total. The molecular weight excluding hydrogens is 176 g/mol. The Kier molecular flexibility index (Phi) is 4.33. The fourth-order valence-electron chi connectivity index (χ4n) is 1.42. The molecule has 0 aromatic carbocycles. The SMILES string of the molecule is COCCOCC1(CCl)CCC1. The van der Waals surface area contributed by atoms with Gasteiger partial charge in [-0.15, -0.1) is 11.6 Å². The standard InChI is InChI=1S/C9H17ClO2/c1-11-5-6-12-8-9(7-10)3-2-4-9/h2-8H2,1H3. The minimum atomic E-state index is 0.301. The summed E-state index contributed by atoms with van der Waals surface area (Å²) in [5.74, 6) is 0.736. The van der Waals surface area contributed by atoms with E-state index in [9.17, 15) is 0 Å². The molecule has 1 aliphatic carbocycles. The van der Waals surface area contributed by atoms with Crippen LogP contribution in [0.5, 0.6) is 0 Å². The summed E-state index contributed by atoms with van der Waals surface area (Å²) < 4.78 is 10.3. The van der Waals surface area contributed by atoms with Crippen molar-refractivity contribution in [3.63, 3.8) is 0 Å². The molecule has 72 valence electrons. The van der Waals surface area contributed by atoms with Gasteiger partial charge in [0.2, 0.25) is 0 Å². The van der Waals surface area contributed by atoms with E-state index in [4.69, 9.17) is 21.1 Å². The highest BCUT2D eigenvalue weighted by atomic mass is 35.5. The Morgan fingerprint density at radius 3 is 2.50 bits per heavy atom. The smallest absolute Gasteiger partial charge is 0.0700 e. The maximum atomic E-state index is 5.86. The van der Waals surface area contributed by atoms with Gasteiger partial charge in [0.25, 0.3) is 0 Å². The summed E-state index contributed by atoms with van der Waals surface area (Å²) in [6, 6.07) is 0. The number of halogens is 1. The second-order valence-corrected chi connectivity index (χ2v) is 3.80. The maximum absolute atomic E-state index is 5.86. The molecule has 1 rings (SSSR count). The fourth-order valence-corrected chi connectivity index (χ4v) is 1.77. The average molecular weight is 193 g/mol. The normalized spacial score (nSPS) is 20.5. The third-order valence-corrected chi connectivity index (χ3v) is 3.10. The summed E-state index contributed by atoms with van der Waals surface area (Å²) in [6.45, 7) is 2.17. The van der Waals surface area contributed by atoms with E-state index in [0.29, 0.717) is 18.6 Å². The first-order valence-corrected chi connectivity index (χ1v) is 4.99. The molecule has 0 aromatic heterocycles. The van der Waals surface area contributed by atoms with E-state index in [1.165, 1.54) is 19.3 Å². The average Bonchev–Trinajstić information content (AvgIpc) is 2.02. The van der Waals surface area contributed by atoms with Crippen LogP contribution >= 0.6 is 11.6 Å². The summed E-state index contributed by atoms with van der Waals surface area (Å²) in [5, 5.41) is 0. The lowest BCUT2D eigenvalue weighted by molar-refractivity contribution is -0.00971. The van der Waals surface area contributed by atoms with Crippen LogP contribution in [0, 0.1) is 5.41 Å². The molecular formula is C9H17ClO2. The van der Waals surface area contributed by atoms with Crippen LogP contribution in [-0.4, -0.2) is 32.8 Å². The van der Waals surface area contributed by atoms with Crippen LogP contribution in [0.1, 0.15) is 19.3 Å². The molecule has 1 fully saturated rings. The van der Waals surface area contributed by atoms with Crippen molar-refractivity contribution in [1.82, 2.24) is 0 Å². The third-order valence-electron chi connectivity index (χ3n) is 2.54. The van der Waals surface area contributed by atoms with Crippen LogP contribution in [0.25, 0.3) is 0 Å². The molecule has 0 atom stereocenters. The van der Waals surface area contributed by atoms with Crippen LogP contribution in [0.2, 0.25) is 0 Å². The van der Waals surface area contributed by atoms with Gasteiger partial charge in [-0.25, -0.2) is 0 Å². The van der Waals surface area contributed by atoms with Crippen molar-refractivity contribution in [2.45, 2.75) is 19.3 Å². The zero-order valence-electron chi connectivity index (χ0n) is 7.64. The van der Waals surface area contributed by atoms with Crippen molar-refractivity contribution in [3.05, 3.63) is 0 Å². The molecule has 0 amide bonds. The van der Waals surface area contributed by atoms with E-state index in [-0.39, 0.29) is 0 Å². The number of hydrogen-bond acceptors (Lipinski definition) is 2. The molecule has 0 unspecified atom stereocenters. The number of ether oxygens (including phenoxy) is 2. The van der Waals surface area contributed by atoms with Gasteiger partial charge in [0.1, 0.15) is 0 Å². The molecule has 0 spiro atoms. The van der Waals surface area contributed by atoms with E-state index in [1.807, 2.05) is 0 Å². The van der Waals surface area contributed by atoms with Gasteiger partial charge in [0.15, 0.2) is 0 Å². The van der Waals surface area contributed by atoms with Gasteiger partial charge in [-0.2, -0.15) is 0 Å². The van der Waals surface area contributed by atoms with Crippen molar-refractivity contribution in [3.8, 4) is 0 Å². The Morgan fingerprint density at radius 1 is 1.33 bits per heavy atom. The number of rotatable bonds is 6. The molecule has 0 heterocycles. The molecule has 1 aliphatic rings. The molecule has 0 aromatic rings. The molecule has 0 saturated heterocycles. The third kappa shape index (κ3) is 2.61. The Balaban J connectivity index is 2.04. The first kappa shape index (κ1) is 10.3. The van der Waals surface area contributed by atoms with E-state index in [1.54, 1.807) is 7.11 Å². The van der Waals surface area contributed by atoms with Gasteiger partial charge < -0.3 is 9.47 Å². The second kappa shape index (κ2) is 5.05. The molecule has 1 saturated carbocycles. The summed E-state index contributed by atoms with van der Waals surface area (Å²) in [6.07, 6.45) is 3.76. The van der Waals surface area contributed by atoms with E-state index in [2.05, 4.69) is 0 Å². The Hall–Kier alpha value is 0.210. The summed E-state index contributed by atoms with van der Waals surface area (Å²) in [4.78, 5) is 0. The van der Waals surface area contributed by atoms with Crippen LogP contribution in [0.3, 0.4) is 0 Å². The first-order chi connectivity index (χ1) is 5.83. The van der Waals surface area contributed by atoms with Crippen LogP contribution in [0.4, 0.5) is 0 Å². The largest absolute Gasteiger partial charge is 0.382 e. The highest BCUT2D eigenvalue weighted by Crippen LogP contribution is 2.41. The second-order valence-electron chi connectivity index (χ2n) is 3.53. The molecule has 0 aliphatic heterocycles. The maximum Gasteiger partial charge on any atom is 0.0700 e. The highest BCUT2D eigenvalue weighted by molar-refractivity contribution is 6.18. The van der Waals surface area contributed by atoms with Crippen molar-refractivity contribution in [2.24, 2.45) is 5.41 Å². The first-order valence-electron chi connectivity index (χ1n) is 4.46. The fraction of sp³-hybridized carbons (Fsp3) is 1.00. The summed E-state index contributed by atoms with van der Waals surface area (Å²) >= 11 is 5.86.